The first-order valence-electron chi connectivity index (χ1n) is 6.31. The van der Waals surface area contributed by atoms with Gasteiger partial charge in [-0.3, -0.25) is 4.79 Å². The molecule has 0 aliphatic heterocycles. The van der Waals surface area contributed by atoms with E-state index in [1.165, 1.54) is 12.8 Å². The van der Waals surface area contributed by atoms with Crippen molar-refractivity contribution in [1.82, 2.24) is 5.32 Å². The van der Waals surface area contributed by atoms with E-state index in [0.29, 0.717) is 19.1 Å². The Balaban J connectivity index is 2.21. The molecule has 2 atom stereocenters. The van der Waals surface area contributed by atoms with Crippen molar-refractivity contribution in [3.05, 3.63) is 0 Å². The van der Waals surface area contributed by atoms with E-state index in [4.69, 9.17) is 10.5 Å². The minimum Gasteiger partial charge on any atom is -0.369 e. The summed E-state index contributed by atoms with van der Waals surface area (Å²) in [7, 11) is 0. The van der Waals surface area contributed by atoms with Gasteiger partial charge < -0.3 is 15.8 Å². The molecule has 0 saturated heterocycles. The van der Waals surface area contributed by atoms with Gasteiger partial charge in [0.1, 0.15) is 6.10 Å². The molecule has 0 aromatic carbocycles. The number of nitrogens with two attached hydrogens (primary N) is 1. The summed E-state index contributed by atoms with van der Waals surface area (Å²) < 4.78 is 5.44. The quantitative estimate of drug-likeness (QED) is 0.610. The van der Waals surface area contributed by atoms with Gasteiger partial charge in [0.15, 0.2) is 0 Å². The molecule has 1 rings (SSSR count). The van der Waals surface area contributed by atoms with Gasteiger partial charge in [-0.15, -0.1) is 0 Å². The molecule has 16 heavy (non-hydrogen) atoms. The summed E-state index contributed by atoms with van der Waals surface area (Å²) in [5, 5.41) is 2.97. The zero-order valence-electron chi connectivity index (χ0n) is 10.4. The van der Waals surface area contributed by atoms with Crippen molar-refractivity contribution in [1.29, 1.82) is 0 Å². The molecule has 1 saturated carbocycles. The standard InChI is InChI=1S/C12H24N2O2/c1-3-4-7-16-9(2)12(15)14-11(8-13)10-5-6-10/h9-11H,3-8,13H2,1-2H3,(H,14,15). The van der Waals surface area contributed by atoms with Crippen molar-refractivity contribution in [2.24, 2.45) is 11.7 Å². The smallest absolute Gasteiger partial charge is 0.249 e. The molecule has 2 unspecified atom stereocenters. The van der Waals surface area contributed by atoms with Crippen LogP contribution in [0.2, 0.25) is 0 Å². The maximum Gasteiger partial charge on any atom is 0.249 e. The predicted molar refractivity (Wildman–Crippen MR) is 64.0 cm³/mol. The number of carbonyl (C=O) groups is 1. The van der Waals surface area contributed by atoms with Gasteiger partial charge >= 0.3 is 0 Å². The van der Waals surface area contributed by atoms with Crippen LogP contribution >= 0.6 is 0 Å². The number of hydrogen-bond acceptors (Lipinski definition) is 3. The fourth-order valence-electron chi connectivity index (χ4n) is 1.65. The third-order valence-electron chi connectivity index (χ3n) is 3.01. The summed E-state index contributed by atoms with van der Waals surface area (Å²) in [6.07, 6.45) is 4.10. The lowest BCUT2D eigenvalue weighted by Gasteiger charge is -2.19. The van der Waals surface area contributed by atoms with Crippen LogP contribution in [0.15, 0.2) is 0 Å². The largest absolute Gasteiger partial charge is 0.369 e. The second-order valence-corrected chi connectivity index (χ2v) is 4.55. The summed E-state index contributed by atoms with van der Waals surface area (Å²) in [5.74, 6) is 0.565. The van der Waals surface area contributed by atoms with Crippen LogP contribution in [-0.4, -0.2) is 31.2 Å². The molecule has 0 bridgehead atoms. The lowest BCUT2D eigenvalue weighted by molar-refractivity contribution is -0.132. The molecule has 1 amide bonds. The van der Waals surface area contributed by atoms with Gasteiger partial charge in [-0.25, -0.2) is 0 Å². The Kier molecular flexibility index (Phi) is 5.77. The molecule has 4 nitrogen and oxygen atoms in total. The summed E-state index contributed by atoms with van der Waals surface area (Å²) >= 11 is 0. The fraction of sp³-hybridized carbons (Fsp3) is 0.917. The average Bonchev–Trinajstić information content (AvgIpc) is 3.09. The highest BCUT2D eigenvalue weighted by Gasteiger charge is 2.32. The number of unbranched alkanes of at least 4 members (excludes halogenated alkanes) is 1. The van der Waals surface area contributed by atoms with Gasteiger partial charge in [-0.1, -0.05) is 13.3 Å². The van der Waals surface area contributed by atoms with Crippen molar-refractivity contribution in [3.63, 3.8) is 0 Å². The van der Waals surface area contributed by atoms with Crippen LogP contribution in [0.3, 0.4) is 0 Å². The van der Waals surface area contributed by atoms with Crippen LogP contribution in [0.5, 0.6) is 0 Å². The Hall–Kier alpha value is -0.610. The van der Waals surface area contributed by atoms with E-state index >= 15 is 0 Å². The van der Waals surface area contributed by atoms with Crippen molar-refractivity contribution >= 4 is 5.91 Å². The van der Waals surface area contributed by atoms with Crippen molar-refractivity contribution < 1.29 is 9.53 Å². The normalized spacial score (nSPS) is 19.2. The SMILES string of the molecule is CCCCOC(C)C(=O)NC(CN)C1CC1. The number of rotatable bonds is 8. The first kappa shape index (κ1) is 13.5. The molecule has 0 aromatic rings. The van der Waals surface area contributed by atoms with Crippen molar-refractivity contribution in [2.45, 2.75) is 51.7 Å². The summed E-state index contributed by atoms with van der Waals surface area (Å²) in [4.78, 5) is 11.7. The van der Waals surface area contributed by atoms with Gasteiger partial charge in [-0.05, 0) is 32.1 Å². The van der Waals surface area contributed by atoms with Crippen LogP contribution in [-0.2, 0) is 9.53 Å². The molecule has 1 aliphatic rings. The van der Waals surface area contributed by atoms with E-state index in [-0.39, 0.29) is 18.1 Å². The van der Waals surface area contributed by atoms with E-state index in [1.807, 2.05) is 0 Å². The minimum absolute atomic E-state index is 0.0292. The second-order valence-electron chi connectivity index (χ2n) is 4.55. The molecule has 1 aliphatic carbocycles. The van der Waals surface area contributed by atoms with Crippen LogP contribution in [0.4, 0.5) is 0 Å². The van der Waals surface area contributed by atoms with E-state index in [0.717, 1.165) is 12.8 Å². The minimum atomic E-state index is -0.362. The lowest BCUT2D eigenvalue weighted by Crippen LogP contribution is -2.46. The summed E-state index contributed by atoms with van der Waals surface area (Å²) in [6, 6.07) is 0.143. The first-order chi connectivity index (χ1) is 7.69. The van der Waals surface area contributed by atoms with Gasteiger partial charge in [0.05, 0.1) is 0 Å². The van der Waals surface area contributed by atoms with Gasteiger partial charge in [0.2, 0.25) is 5.91 Å². The molecule has 0 heterocycles. The maximum absolute atomic E-state index is 11.7. The van der Waals surface area contributed by atoms with Crippen LogP contribution in [0, 0.1) is 5.92 Å². The average molecular weight is 228 g/mol. The van der Waals surface area contributed by atoms with Crippen LogP contribution in [0.25, 0.3) is 0 Å². The van der Waals surface area contributed by atoms with Crippen LogP contribution in [0.1, 0.15) is 39.5 Å². The van der Waals surface area contributed by atoms with Gasteiger partial charge in [0, 0.05) is 19.2 Å². The van der Waals surface area contributed by atoms with Crippen LogP contribution < -0.4 is 11.1 Å². The molecule has 3 N–H and O–H groups in total. The molecule has 0 spiro atoms. The Morgan fingerprint density at radius 1 is 1.56 bits per heavy atom. The van der Waals surface area contributed by atoms with E-state index in [9.17, 15) is 4.79 Å². The molecule has 4 heteroatoms. The second kappa shape index (κ2) is 6.86. The zero-order valence-corrected chi connectivity index (χ0v) is 10.4. The highest BCUT2D eigenvalue weighted by atomic mass is 16.5. The molecule has 1 fully saturated rings. The summed E-state index contributed by atoms with van der Waals surface area (Å²) in [6.45, 7) is 5.08. The van der Waals surface area contributed by atoms with E-state index in [1.54, 1.807) is 6.92 Å². The highest BCUT2D eigenvalue weighted by Crippen LogP contribution is 2.32. The topological polar surface area (TPSA) is 64.3 Å². The molecule has 94 valence electrons. The Morgan fingerprint density at radius 2 is 2.25 bits per heavy atom. The highest BCUT2D eigenvalue weighted by molar-refractivity contribution is 5.80. The van der Waals surface area contributed by atoms with Gasteiger partial charge in [-0.2, -0.15) is 0 Å². The molecular formula is C12H24N2O2. The number of carbonyl (C=O) groups excluding carboxylic acids is 1. The third-order valence-corrected chi connectivity index (χ3v) is 3.01. The number of ether oxygens (including phenoxy) is 1. The predicted octanol–water partition coefficient (Wildman–Crippen LogP) is 1.05. The van der Waals surface area contributed by atoms with E-state index < -0.39 is 0 Å². The lowest BCUT2D eigenvalue weighted by atomic mass is 10.2. The maximum atomic E-state index is 11.7. The first-order valence-corrected chi connectivity index (χ1v) is 6.31. The van der Waals surface area contributed by atoms with E-state index in [2.05, 4.69) is 12.2 Å². The van der Waals surface area contributed by atoms with Crippen molar-refractivity contribution in [2.75, 3.05) is 13.2 Å². The molecular weight excluding hydrogens is 204 g/mol. The van der Waals surface area contributed by atoms with Gasteiger partial charge in [0.25, 0.3) is 0 Å². The Labute approximate surface area is 97.9 Å². The molecule has 0 radical (unpaired) electrons. The number of hydrogen-bond donors (Lipinski definition) is 2. The number of amides is 1. The molecule has 0 aromatic heterocycles. The summed E-state index contributed by atoms with van der Waals surface area (Å²) in [5.41, 5.74) is 5.63. The Morgan fingerprint density at radius 3 is 2.75 bits per heavy atom. The Bertz CT molecular complexity index is 217. The fourth-order valence-corrected chi connectivity index (χ4v) is 1.65. The monoisotopic (exact) mass is 228 g/mol. The number of nitrogens with one attached hydrogen (secondary N) is 1. The third kappa shape index (κ3) is 4.49. The van der Waals surface area contributed by atoms with Crippen molar-refractivity contribution in [3.8, 4) is 0 Å². The zero-order chi connectivity index (χ0) is 12.0.